The van der Waals surface area contributed by atoms with Gasteiger partial charge in [0.1, 0.15) is 23.0 Å². The van der Waals surface area contributed by atoms with Crippen molar-refractivity contribution in [3.05, 3.63) is 39.3 Å². The van der Waals surface area contributed by atoms with Gasteiger partial charge >= 0.3 is 5.97 Å². The SMILES string of the molecule is CCCCOc1cn(C)c(C(=O)NC[C@H]2NC(=O)[C@H]2NC(=O)/C(=N\OC(C)(C)C(=O)OC(C)(C)C)c2csc(NO)n2)cc1=O. The van der Waals surface area contributed by atoms with E-state index >= 15 is 0 Å². The van der Waals surface area contributed by atoms with Crippen LogP contribution in [0.3, 0.4) is 0 Å². The van der Waals surface area contributed by atoms with Gasteiger partial charge in [0, 0.05) is 25.0 Å². The second kappa shape index (κ2) is 14.5. The number of nitrogens with zero attached hydrogens (tertiary/aromatic N) is 3. The number of nitrogens with one attached hydrogen (secondary N) is 4. The summed E-state index contributed by atoms with van der Waals surface area (Å²) < 4.78 is 12.3. The standard InChI is InChI=1S/C28H39N7O9S/c1-8-9-10-42-19-13-35(7)17(11-18(19)36)22(37)29-12-15-20(23(38)30-15)32-24(39)21(16-14-45-26(31-16)33-41)34-44-28(5,6)25(40)43-27(2,3)4/h11,13-15,20,41H,8-10,12H2,1-7H3,(H,29,37)(H,30,38)(H,31,33)(H,32,39)/b34-21-/t15-,20+/m1/s1. The first-order valence-corrected chi connectivity index (χ1v) is 15.0. The maximum absolute atomic E-state index is 13.3. The van der Waals surface area contributed by atoms with Crippen LogP contribution in [0.15, 0.2) is 27.6 Å². The largest absolute Gasteiger partial charge is 0.488 e. The highest BCUT2D eigenvalue weighted by atomic mass is 32.1. The molecule has 45 heavy (non-hydrogen) atoms. The first-order valence-electron chi connectivity index (χ1n) is 14.1. The van der Waals surface area contributed by atoms with Crippen LogP contribution in [-0.2, 0) is 31.0 Å². The van der Waals surface area contributed by atoms with E-state index in [4.69, 9.17) is 14.3 Å². The fraction of sp³-hybridized carbons (Fsp3) is 0.536. The number of pyridine rings is 1. The molecule has 3 heterocycles. The summed E-state index contributed by atoms with van der Waals surface area (Å²) in [5.41, 5.74) is -1.30. The van der Waals surface area contributed by atoms with Crippen molar-refractivity contribution in [2.24, 2.45) is 12.2 Å². The Labute approximate surface area is 263 Å². The number of rotatable bonds is 14. The number of hydrogen-bond donors (Lipinski definition) is 5. The number of anilines is 1. The number of carbonyl (C=O) groups is 4. The zero-order valence-electron chi connectivity index (χ0n) is 26.2. The summed E-state index contributed by atoms with van der Waals surface area (Å²) in [4.78, 5) is 73.2. The molecule has 0 spiro atoms. The Balaban J connectivity index is 1.71. The number of ether oxygens (including phenoxy) is 2. The highest BCUT2D eigenvalue weighted by molar-refractivity contribution is 7.13. The second-order valence-corrected chi connectivity index (χ2v) is 12.5. The van der Waals surface area contributed by atoms with Crippen LogP contribution >= 0.6 is 11.3 Å². The van der Waals surface area contributed by atoms with Gasteiger partial charge in [-0.05, 0) is 41.0 Å². The molecule has 1 fully saturated rings. The molecule has 17 heteroatoms. The van der Waals surface area contributed by atoms with Crippen molar-refractivity contribution < 1.29 is 38.7 Å². The number of aromatic nitrogens is 2. The molecule has 0 unspecified atom stereocenters. The van der Waals surface area contributed by atoms with E-state index < -0.39 is 52.4 Å². The maximum Gasteiger partial charge on any atom is 0.353 e. The fourth-order valence-corrected chi connectivity index (χ4v) is 4.37. The number of β-lactam (4-membered cyclic amide) rings is 1. The molecule has 5 N–H and O–H groups in total. The van der Waals surface area contributed by atoms with Crippen molar-refractivity contribution in [1.82, 2.24) is 25.5 Å². The lowest BCUT2D eigenvalue weighted by atomic mass is 9.98. The first kappa shape index (κ1) is 35.0. The predicted octanol–water partition coefficient (Wildman–Crippen LogP) is 1.08. The number of oxime groups is 1. The average molecular weight is 650 g/mol. The normalized spacial score (nSPS) is 16.6. The van der Waals surface area contributed by atoms with Crippen LogP contribution in [0.4, 0.5) is 5.13 Å². The fourth-order valence-electron chi connectivity index (χ4n) is 3.78. The Hall–Kier alpha value is -4.51. The molecule has 16 nitrogen and oxygen atoms in total. The van der Waals surface area contributed by atoms with Crippen LogP contribution in [-0.4, -0.2) is 80.6 Å². The lowest BCUT2D eigenvalue weighted by Crippen LogP contribution is -2.72. The monoisotopic (exact) mass is 649 g/mol. The zero-order chi connectivity index (χ0) is 33.5. The van der Waals surface area contributed by atoms with E-state index in [2.05, 4.69) is 26.1 Å². The zero-order valence-corrected chi connectivity index (χ0v) is 27.0. The van der Waals surface area contributed by atoms with E-state index in [-0.39, 0.29) is 34.5 Å². The highest BCUT2D eigenvalue weighted by Crippen LogP contribution is 2.20. The van der Waals surface area contributed by atoms with Crippen LogP contribution in [0.5, 0.6) is 5.75 Å². The molecule has 0 aromatic carbocycles. The number of hydrogen-bond acceptors (Lipinski definition) is 13. The summed E-state index contributed by atoms with van der Waals surface area (Å²) in [6.45, 7) is 10.2. The Kier molecular flexibility index (Phi) is 11.3. The van der Waals surface area contributed by atoms with E-state index in [1.807, 2.05) is 12.4 Å². The minimum atomic E-state index is -1.60. The summed E-state index contributed by atoms with van der Waals surface area (Å²) in [5, 5.41) is 22.3. The van der Waals surface area contributed by atoms with Gasteiger partial charge < -0.3 is 34.8 Å². The van der Waals surface area contributed by atoms with E-state index in [0.717, 1.165) is 24.2 Å². The molecule has 1 aliphatic heterocycles. The Morgan fingerprint density at radius 1 is 1.20 bits per heavy atom. The molecule has 3 amide bonds. The molecule has 2 aromatic rings. The number of thiazole rings is 1. The van der Waals surface area contributed by atoms with Crippen molar-refractivity contribution in [2.45, 2.75) is 77.7 Å². The molecule has 0 radical (unpaired) electrons. The van der Waals surface area contributed by atoms with Crippen molar-refractivity contribution >= 4 is 45.9 Å². The number of amides is 3. The molecule has 3 rings (SSSR count). The smallest absolute Gasteiger partial charge is 0.353 e. The van der Waals surface area contributed by atoms with Crippen molar-refractivity contribution in [3.63, 3.8) is 0 Å². The topological polar surface area (TPSA) is 212 Å². The Morgan fingerprint density at radius 3 is 2.51 bits per heavy atom. The summed E-state index contributed by atoms with van der Waals surface area (Å²) in [5.74, 6) is -2.57. The Bertz CT molecular complexity index is 1510. The van der Waals surface area contributed by atoms with Gasteiger partial charge in [-0.3, -0.25) is 24.4 Å². The number of esters is 1. The second-order valence-electron chi connectivity index (χ2n) is 11.7. The minimum Gasteiger partial charge on any atom is -0.488 e. The summed E-state index contributed by atoms with van der Waals surface area (Å²) in [6.07, 6.45) is 3.12. The van der Waals surface area contributed by atoms with Crippen LogP contribution in [0.1, 0.15) is 70.6 Å². The van der Waals surface area contributed by atoms with Gasteiger partial charge in [0.25, 0.3) is 11.8 Å². The van der Waals surface area contributed by atoms with Crippen LogP contribution in [0.25, 0.3) is 0 Å². The van der Waals surface area contributed by atoms with E-state index in [1.165, 1.54) is 36.1 Å². The van der Waals surface area contributed by atoms with Crippen molar-refractivity contribution in [2.75, 3.05) is 18.6 Å². The van der Waals surface area contributed by atoms with Gasteiger partial charge in [-0.25, -0.2) is 15.3 Å². The van der Waals surface area contributed by atoms with Gasteiger partial charge in [-0.2, -0.15) is 0 Å². The summed E-state index contributed by atoms with van der Waals surface area (Å²) in [6, 6.07) is -0.612. The third-order valence-electron chi connectivity index (χ3n) is 6.28. The Morgan fingerprint density at radius 2 is 1.91 bits per heavy atom. The lowest BCUT2D eigenvalue weighted by molar-refractivity contribution is -0.179. The third-order valence-corrected chi connectivity index (χ3v) is 7.03. The molecular formula is C28H39N7O9S. The molecule has 0 bridgehead atoms. The van der Waals surface area contributed by atoms with Gasteiger partial charge in [0.2, 0.25) is 22.1 Å². The van der Waals surface area contributed by atoms with Gasteiger partial charge in [0.05, 0.1) is 18.8 Å². The molecular weight excluding hydrogens is 610 g/mol. The maximum atomic E-state index is 13.3. The average Bonchev–Trinajstić information content (AvgIpc) is 3.43. The van der Waals surface area contributed by atoms with E-state index in [0.29, 0.717) is 6.61 Å². The lowest BCUT2D eigenvalue weighted by Gasteiger charge is -2.37. The first-order chi connectivity index (χ1) is 21.1. The molecule has 0 aliphatic carbocycles. The molecule has 2 aromatic heterocycles. The van der Waals surface area contributed by atoms with Crippen LogP contribution in [0.2, 0.25) is 0 Å². The number of unbranched alkanes of at least 4 members (excludes halogenated alkanes) is 1. The highest BCUT2D eigenvalue weighted by Gasteiger charge is 2.42. The van der Waals surface area contributed by atoms with Crippen LogP contribution < -0.4 is 31.6 Å². The van der Waals surface area contributed by atoms with Crippen molar-refractivity contribution in [3.8, 4) is 5.75 Å². The molecule has 0 saturated carbocycles. The third kappa shape index (κ3) is 9.24. The molecule has 1 aliphatic rings. The summed E-state index contributed by atoms with van der Waals surface area (Å²) in [7, 11) is 1.60. The number of carbonyl (C=O) groups excluding carboxylic acids is 4. The number of aryl methyl sites for hydroxylation is 1. The minimum absolute atomic E-state index is 0.0124. The van der Waals surface area contributed by atoms with Crippen LogP contribution in [0, 0.1) is 0 Å². The van der Waals surface area contributed by atoms with Crippen molar-refractivity contribution in [1.29, 1.82) is 0 Å². The predicted molar refractivity (Wildman–Crippen MR) is 163 cm³/mol. The quantitative estimate of drug-likeness (QED) is 0.0642. The van der Waals surface area contributed by atoms with E-state index in [1.54, 1.807) is 27.8 Å². The van der Waals surface area contributed by atoms with E-state index in [9.17, 15) is 29.2 Å². The van der Waals surface area contributed by atoms with Gasteiger partial charge in [-0.15, -0.1) is 11.3 Å². The molecule has 1 saturated heterocycles. The molecule has 246 valence electrons. The molecule has 2 atom stereocenters. The van der Waals surface area contributed by atoms with Gasteiger partial charge in [0.15, 0.2) is 11.5 Å². The van der Waals surface area contributed by atoms with Gasteiger partial charge in [-0.1, -0.05) is 18.5 Å². The summed E-state index contributed by atoms with van der Waals surface area (Å²) >= 11 is 0.960.